The summed E-state index contributed by atoms with van der Waals surface area (Å²) in [5, 5.41) is 9.62. The number of hydrogen-bond donors (Lipinski definition) is 0. The van der Waals surface area contributed by atoms with Crippen molar-refractivity contribution in [1.29, 1.82) is 0 Å². The van der Waals surface area contributed by atoms with Crippen LogP contribution in [0.3, 0.4) is 0 Å². The molecule has 8 heteroatoms. The monoisotopic (exact) mass is 484 g/mol. The number of piperazine rings is 1. The lowest BCUT2D eigenvalue weighted by Crippen LogP contribution is -2.48. The van der Waals surface area contributed by atoms with Crippen LogP contribution in [0.4, 0.5) is 0 Å². The maximum atomic E-state index is 13.0. The van der Waals surface area contributed by atoms with E-state index in [4.69, 9.17) is 0 Å². The van der Waals surface area contributed by atoms with Gasteiger partial charge in [-0.15, -0.1) is 10.2 Å². The first kappa shape index (κ1) is 23.3. The molecular weight excluding hydrogens is 456 g/mol. The zero-order valence-corrected chi connectivity index (χ0v) is 20.6. The van der Waals surface area contributed by atoms with Gasteiger partial charge in [-0.25, -0.2) is 0 Å². The van der Waals surface area contributed by atoms with Crippen molar-refractivity contribution in [2.75, 3.05) is 31.9 Å². The van der Waals surface area contributed by atoms with E-state index in [0.717, 1.165) is 55.4 Å². The van der Waals surface area contributed by atoms with Crippen LogP contribution in [-0.4, -0.2) is 67.4 Å². The number of thioether (sulfide) groups is 1. The van der Waals surface area contributed by atoms with Crippen LogP contribution in [-0.2, 0) is 11.3 Å². The van der Waals surface area contributed by atoms with Crippen molar-refractivity contribution in [1.82, 2.24) is 29.5 Å². The molecule has 178 valence electrons. The van der Waals surface area contributed by atoms with Gasteiger partial charge < -0.3 is 4.90 Å². The summed E-state index contributed by atoms with van der Waals surface area (Å²) in [5.74, 6) is 1.18. The smallest absolute Gasteiger partial charge is 0.233 e. The van der Waals surface area contributed by atoms with Crippen molar-refractivity contribution in [3.05, 3.63) is 90.3 Å². The Morgan fingerprint density at radius 1 is 0.914 bits per heavy atom. The second-order valence-electron chi connectivity index (χ2n) is 8.60. The summed E-state index contributed by atoms with van der Waals surface area (Å²) in [6, 6.07) is 22.5. The number of carbonyl (C=O) groups is 1. The van der Waals surface area contributed by atoms with Crippen molar-refractivity contribution in [2.45, 2.75) is 18.6 Å². The summed E-state index contributed by atoms with van der Waals surface area (Å²) in [5.41, 5.74) is 4.31. The maximum absolute atomic E-state index is 13.0. The Morgan fingerprint density at radius 2 is 1.69 bits per heavy atom. The summed E-state index contributed by atoms with van der Waals surface area (Å²) in [7, 11) is 0. The van der Waals surface area contributed by atoms with Crippen molar-refractivity contribution in [3.8, 4) is 17.1 Å². The van der Waals surface area contributed by atoms with Gasteiger partial charge in [0.25, 0.3) is 0 Å². The van der Waals surface area contributed by atoms with E-state index >= 15 is 0 Å². The number of carbonyl (C=O) groups excluding carboxylic acids is 1. The molecule has 1 fully saturated rings. The molecule has 3 heterocycles. The fraction of sp³-hybridized carbons (Fsp3) is 0.259. The van der Waals surface area contributed by atoms with Crippen LogP contribution in [0, 0.1) is 6.92 Å². The van der Waals surface area contributed by atoms with Crippen molar-refractivity contribution in [3.63, 3.8) is 0 Å². The minimum atomic E-state index is 0.136. The second kappa shape index (κ2) is 10.8. The van der Waals surface area contributed by atoms with Gasteiger partial charge in [0.2, 0.25) is 5.91 Å². The lowest BCUT2D eigenvalue weighted by atomic mass is 10.2. The van der Waals surface area contributed by atoms with E-state index in [1.165, 1.54) is 17.3 Å². The highest BCUT2D eigenvalue weighted by Gasteiger charge is 2.23. The van der Waals surface area contributed by atoms with Crippen molar-refractivity contribution in [2.24, 2.45) is 0 Å². The Morgan fingerprint density at radius 3 is 2.43 bits per heavy atom. The van der Waals surface area contributed by atoms with Gasteiger partial charge in [-0.05, 0) is 36.2 Å². The Balaban J connectivity index is 1.26. The number of aromatic nitrogens is 4. The summed E-state index contributed by atoms with van der Waals surface area (Å²) in [6.45, 7) is 6.26. The lowest BCUT2D eigenvalue weighted by molar-refractivity contribution is -0.130. The number of aryl methyl sites for hydroxylation is 1. The Labute approximate surface area is 209 Å². The van der Waals surface area contributed by atoms with E-state index < -0.39 is 0 Å². The van der Waals surface area contributed by atoms with Crippen LogP contribution in [0.15, 0.2) is 84.3 Å². The lowest BCUT2D eigenvalue weighted by Gasteiger charge is -2.34. The minimum absolute atomic E-state index is 0.136. The summed E-state index contributed by atoms with van der Waals surface area (Å²) >= 11 is 1.44. The quantitative estimate of drug-likeness (QED) is 0.369. The van der Waals surface area contributed by atoms with Crippen LogP contribution in [0.1, 0.15) is 11.1 Å². The average molecular weight is 485 g/mol. The third-order valence-corrected chi connectivity index (χ3v) is 7.12. The molecule has 2 aromatic carbocycles. The molecule has 0 unspecified atom stereocenters. The van der Waals surface area contributed by atoms with Gasteiger partial charge in [0, 0.05) is 50.7 Å². The Kier molecular flexibility index (Phi) is 7.20. The zero-order valence-electron chi connectivity index (χ0n) is 19.7. The topological polar surface area (TPSA) is 67.2 Å². The van der Waals surface area contributed by atoms with Crippen LogP contribution in [0.5, 0.6) is 0 Å². The van der Waals surface area contributed by atoms with E-state index in [2.05, 4.69) is 63.4 Å². The molecule has 1 aliphatic heterocycles. The fourth-order valence-electron chi connectivity index (χ4n) is 4.29. The van der Waals surface area contributed by atoms with Crippen molar-refractivity contribution >= 4 is 17.7 Å². The van der Waals surface area contributed by atoms with E-state index in [1.54, 1.807) is 12.4 Å². The first-order chi connectivity index (χ1) is 17.2. The number of hydrogen-bond acceptors (Lipinski definition) is 6. The highest BCUT2D eigenvalue weighted by atomic mass is 32.2. The standard InChI is InChI=1S/C27H28N6OS/c1-21-8-5-6-12-24(21)33-26(23-11-7-13-28-18-23)29-30-27(33)35-20-25(34)32-16-14-31(15-17-32)19-22-9-3-2-4-10-22/h2-13,18H,14-17,19-20H2,1H3. The average Bonchev–Trinajstić information content (AvgIpc) is 3.33. The van der Waals surface area contributed by atoms with Gasteiger partial charge in [0.15, 0.2) is 11.0 Å². The predicted octanol–water partition coefficient (Wildman–Crippen LogP) is 4.07. The molecule has 4 aromatic rings. The maximum Gasteiger partial charge on any atom is 0.233 e. The number of amides is 1. The SMILES string of the molecule is Cc1ccccc1-n1c(SCC(=O)N2CCN(Cc3ccccc3)CC2)nnc1-c1cccnc1. The van der Waals surface area contributed by atoms with Gasteiger partial charge in [-0.3, -0.25) is 19.2 Å². The molecule has 5 rings (SSSR count). The zero-order chi connectivity index (χ0) is 24.0. The summed E-state index contributed by atoms with van der Waals surface area (Å²) < 4.78 is 2.03. The number of benzene rings is 2. The largest absolute Gasteiger partial charge is 0.339 e. The Bertz CT molecular complexity index is 1270. The third kappa shape index (κ3) is 5.44. The molecule has 0 N–H and O–H groups in total. The highest BCUT2D eigenvalue weighted by Crippen LogP contribution is 2.29. The molecule has 35 heavy (non-hydrogen) atoms. The molecule has 0 bridgehead atoms. The van der Waals surface area contributed by atoms with Crippen LogP contribution < -0.4 is 0 Å². The Hall–Kier alpha value is -3.49. The van der Waals surface area contributed by atoms with E-state index in [0.29, 0.717) is 10.9 Å². The number of nitrogens with zero attached hydrogens (tertiary/aromatic N) is 6. The molecule has 0 saturated carbocycles. The van der Waals surface area contributed by atoms with Gasteiger partial charge in [-0.2, -0.15) is 0 Å². The third-order valence-electron chi connectivity index (χ3n) is 6.21. The molecule has 1 aliphatic rings. The van der Waals surface area contributed by atoms with Crippen LogP contribution >= 0.6 is 11.8 Å². The predicted molar refractivity (Wildman–Crippen MR) is 138 cm³/mol. The molecular formula is C27H28N6OS. The minimum Gasteiger partial charge on any atom is -0.339 e. The van der Waals surface area contributed by atoms with E-state index in [1.807, 2.05) is 39.8 Å². The number of para-hydroxylation sites is 1. The van der Waals surface area contributed by atoms with E-state index in [-0.39, 0.29) is 5.91 Å². The van der Waals surface area contributed by atoms with Gasteiger partial charge in [0.1, 0.15) is 0 Å². The molecule has 7 nitrogen and oxygen atoms in total. The molecule has 1 saturated heterocycles. The molecule has 0 radical (unpaired) electrons. The van der Waals surface area contributed by atoms with Gasteiger partial charge in [-0.1, -0.05) is 60.3 Å². The molecule has 1 amide bonds. The fourth-order valence-corrected chi connectivity index (χ4v) is 5.14. The summed E-state index contributed by atoms with van der Waals surface area (Å²) in [4.78, 5) is 21.7. The summed E-state index contributed by atoms with van der Waals surface area (Å²) in [6.07, 6.45) is 3.53. The highest BCUT2D eigenvalue weighted by molar-refractivity contribution is 7.99. The normalized spacial score (nSPS) is 14.3. The molecule has 0 aliphatic carbocycles. The van der Waals surface area contributed by atoms with Gasteiger partial charge >= 0.3 is 0 Å². The molecule has 0 atom stereocenters. The first-order valence-electron chi connectivity index (χ1n) is 11.8. The van der Waals surface area contributed by atoms with Crippen LogP contribution in [0.2, 0.25) is 0 Å². The molecule has 2 aromatic heterocycles. The number of rotatable bonds is 7. The number of pyridine rings is 1. The van der Waals surface area contributed by atoms with E-state index in [9.17, 15) is 4.79 Å². The molecule has 0 spiro atoms. The van der Waals surface area contributed by atoms with Crippen LogP contribution in [0.25, 0.3) is 17.1 Å². The van der Waals surface area contributed by atoms with Crippen molar-refractivity contribution < 1.29 is 4.79 Å². The first-order valence-corrected chi connectivity index (χ1v) is 12.8. The van der Waals surface area contributed by atoms with Gasteiger partial charge in [0.05, 0.1) is 11.4 Å². The second-order valence-corrected chi connectivity index (χ2v) is 9.54.